The summed E-state index contributed by atoms with van der Waals surface area (Å²) in [5.41, 5.74) is 1.13. The van der Waals surface area contributed by atoms with E-state index in [4.69, 9.17) is 0 Å². The topological polar surface area (TPSA) is 59.0 Å². The maximum atomic E-state index is 11.0. The van der Waals surface area contributed by atoms with Crippen molar-refractivity contribution < 1.29 is 4.79 Å². The molecule has 0 fully saturated rings. The van der Waals surface area contributed by atoms with E-state index in [1.807, 2.05) is 20.2 Å². The summed E-state index contributed by atoms with van der Waals surface area (Å²) in [6.45, 7) is 3.18. The Hall–Kier alpha value is -1.52. The van der Waals surface area contributed by atoms with E-state index < -0.39 is 0 Å². The fourth-order valence-corrected chi connectivity index (χ4v) is 1.14. The average Bonchev–Trinajstić information content (AvgIpc) is 2.52. The number of hydrogen-bond donors (Lipinski definition) is 2. The normalized spacial score (nSPS) is 9.86. The molecule has 5 nitrogen and oxygen atoms in total. The molecule has 14 heavy (non-hydrogen) atoms. The van der Waals surface area contributed by atoms with Crippen LogP contribution in [-0.4, -0.2) is 28.9 Å². The van der Waals surface area contributed by atoms with Gasteiger partial charge in [-0.25, -0.2) is 4.79 Å². The number of aryl methyl sites for hydroxylation is 1. The molecule has 1 rings (SSSR count). The summed E-state index contributed by atoms with van der Waals surface area (Å²) in [7, 11) is 1.88. The molecule has 2 N–H and O–H groups in total. The Morgan fingerprint density at radius 2 is 2.36 bits per heavy atom. The number of urea groups is 1. The molecule has 0 saturated carbocycles. The van der Waals surface area contributed by atoms with Crippen LogP contribution in [0.3, 0.4) is 0 Å². The predicted octanol–water partition coefficient (Wildman–Crippen LogP) is 0.282. The van der Waals surface area contributed by atoms with Gasteiger partial charge in [-0.05, 0) is 18.9 Å². The molecule has 0 aromatic carbocycles. The number of aromatic nitrogens is 2. The van der Waals surface area contributed by atoms with Crippen molar-refractivity contribution in [1.82, 2.24) is 20.4 Å². The van der Waals surface area contributed by atoms with Crippen molar-refractivity contribution in [1.29, 1.82) is 0 Å². The van der Waals surface area contributed by atoms with Gasteiger partial charge in [-0.1, -0.05) is 0 Å². The molecule has 0 aliphatic rings. The predicted molar refractivity (Wildman–Crippen MR) is 54.0 cm³/mol. The Morgan fingerprint density at radius 3 is 2.93 bits per heavy atom. The highest BCUT2D eigenvalue weighted by molar-refractivity contribution is 5.73. The highest BCUT2D eigenvalue weighted by Crippen LogP contribution is 1.95. The van der Waals surface area contributed by atoms with Gasteiger partial charge in [0.15, 0.2) is 0 Å². The molecule has 0 bridgehead atoms. The minimum Gasteiger partial charge on any atom is -0.338 e. The minimum absolute atomic E-state index is 0.114. The molecule has 2 amide bonds. The zero-order valence-electron chi connectivity index (χ0n) is 8.58. The lowest BCUT2D eigenvalue weighted by Crippen LogP contribution is -2.36. The molecule has 78 valence electrons. The van der Waals surface area contributed by atoms with Crippen LogP contribution in [0.4, 0.5) is 4.79 Å². The number of carbonyl (C=O) groups excluding carboxylic acids is 1. The smallest absolute Gasteiger partial charge is 0.314 e. The molecule has 5 heteroatoms. The summed E-state index contributed by atoms with van der Waals surface area (Å²) in [4.78, 5) is 11.0. The van der Waals surface area contributed by atoms with Crippen molar-refractivity contribution in [3.05, 3.63) is 18.0 Å². The third-order valence-electron chi connectivity index (χ3n) is 1.79. The molecule has 1 aromatic rings. The van der Waals surface area contributed by atoms with Crippen molar-refractivity contribution >= 4 is 6.03 Å². The summed E-state index contributed by atoms with van der Waals surface area (Å²) in [5.74, 6) is 0. The lowest BCUT2D eigenvalue weighted by Gasteiger charge is -2.03. The van der Waals surface area contributed by atoms with Crippen LogP contribution in [0, 0.1) is 0 Å². The van der Waals surface area contributed by atoms with Gasteiger partial charge in [-0.3, -0.25) is 4.68 Å². The third-order valence-corrected chi connectivity index (χ3v) is 1.79. The van der Waals surface area contributed by atoms with E-state index >= 15 is 0 Å². The van der Waals surface area contributed by atoms with E-state index in [1.165, 1.54) is 0 Å². The van der Waals surface area contributed by atoms with Crippen LogP contribution < -0.4 is 10.6 Å². The first kappa shape index (κ1) is 10.6. The first-order chi connectivity index (χ1) is 6.72. The third kappa shape index (κ3) is 3.47. The van der Waals surface area contributed by atoms with E-state index in [1.54, 1.807) is 10.9 Å². The van der Waals surface area contributed by atoms with E-state index in [-0.39, 0.29) is 6.03 Å². The lowest BCUT2D eigenvalue weighted by atomic mass is 10.2. The molecule has 1 aromatic heterocycles. The lowest BCUT2D eigenvalue weighted by molar-refractivity contribution is 0.241. The zero-order valence-corrected chi connectivity index (χ0v) is 8.58. The van der Waals surface area contributed by atoms with Crippen molar-refractivity contribution in [3.8, 4) is 0 Å². The first-order valence-corrected chi connectivity index (χ1v) is 4.71. The SMILES string of the molecule is CCNC(=O)NCCc1cnn(C)c1. The highest BCUT2D eigenvalue weighted by Gasteiger charge is 1.98. The van der Waals surface area contributed by atoms with Crippen molar-refractivity contribution in [2.45, 2.75) is 13.3 Å². The Balaban J connectivity index is 2.18. The summed E-state index contributed by atoms with van der Waals surface area (Å²) in [6.07, 6.45) is 4.56. The molecule has 0 aliphatic heterocycles. The van der Waals surface area contributed by atoms with Crippen molar-refractivity contribution in [2.24, 2.45) is 7.05 Å². The molecule has 0 saturated heterocycles. The summed E-state index contributed by atoms with van der Waals surface area (Å²) < 4.78 is 1.75. The van der Waals surface area contributed by atoms with Gasteiger partial charge in [0.25, 0.3) is 0 Å². The molecule has 0 radical (unpaired) electrons. The number of hydrogen-bond acceptors (Lipinski definition) is 2. The van der Waals surface area contributed by atoms with Gasteiger partial charge in [-0.15, -0.1) is 0 Å². The van der Waals surface area contributed by atoms with Crippen molar-refractivity contribution in [3.63, 3.8) is 0 Å². The largest absolute Gasteiger partial charge is 0.338 e. The highest BCUT2D eigenvalue weighted by atomic mass is 16.2. The van der Waals surface area contributed by atoms with Crippen LogP contribution in [-0.2, 0) is 13.5 Å². The summed E-state index contributed by atoms with van der Waals surface area (Å²) >= 11 is 0. The van der Waals surface area contributed by atoms with E-state index in [0.29, 0.717) is 13.1 Å². The Kier molecular flexibility index (Phi) is 3.97. The molecule has 0 atom stereocenters. The molecule has 1 heterocycles. The molecule has 0 spiro atoms. The van der Waals surface area contributed by atoms with Gasteiger partial charge < -0.3 is 10.6 Å². The fraction of sp³-hybridized carbons (Fsp3) is 0.556. The summed E-state index contributed by atoms with van der Waals surface area (Å²) in [6, 6.07) is -0.114. The van der Waals surface area contributed by atoms with Gasteiger partial charge in [0.1, 0.15) is 0 Å². The second kappa shape index (κ2) is 5.26. The number of rotatable bonds is 4. The van der Waals surface area contributed by atoms with Gasteiger partial charge >= 0.3 is 6.03 Å². The molecule has 0 aliphatic carbocycles. The van der Waals surface area contributed by atoms with Crippen LogP contribution in [0.5, 0.6) is 0 Å². The number of amides is 2. The Bertz CT molecular complexity index is 295. The number of carbonyl (C=O) groups is 1. The standard InChI is InChI=1S/C9H16N4O/c1-3-10-9(14)11-5-4-8-6-12-13(2)7-8/h6-7H,3-5H2,1-2H3,(H2,10,11,14). The second-order valence-electron chi connectivity index (χ2n) is 3.06. The number of nitrogens with one attached hydrogen (secondary N) is 2. The summed E-state index contributed by atoms with van der Waals surface area (Å²) in [5, 5.41) is 9.46. The van der Waals surface area contributed by atoms with Gasteiger partial charge in [-0.2, -0.15) is 5.10 Å². The maximum Gasteiger partial charge on any atom is 0.314 e. The first-order valence-electron chi connectivity index (χ1n) is 4.71. The second-order valence-corrected chi connectivity index (χ2v) is 3.06. The molecular formula is C9H16N4O. The Labute approximate surface area is 83.5 Å². The van der Waals surface area contributed by atoms with Crippen LogP contribution in [0.2, 0.25) is 0 Å². The molecule has 0 unspecified atom stereocenters. The average molecular weight is 196 g/mol. The van der Waals surface area contributed by atoms with E-state index in [9.17, 15) is 4.79 Å². The monoisotopic (exact) mass is 196 g/mol. The minimum atomic E-state index is -0.114. The maximum absolute atomic E-state index is 11.0. The van der Waals surface area contributed by atoms with Gasteiger partial charge in [0.2, 0.25) is 0 Å². The van der Waals surface area contributed by atoms with Gasteiger partial charge in [0.05, 0.1) is 6.20 Å². The van der Waals surface area contributed by atoms with Gasteiger partial charge in [0, 0.05) is 26.3 Å². The quantitative estimate of drug-likeness (QED) is 0.726. The fourth-order valence-electron chi connectivity index (χ4n) is 1.14. The van der Waals surface area contributed by atoms with Crippen LogP contribution in [0.1, 0.15) is 12.5 Å². The molecular weight excluding hydrogens is 180 g/mol. The van der Waals surface area contributed by atoms with E-state index in [0.717, 1.165) is 12.0 Å². The van der Waals surface area contributed by atoms with Crippen molar-refractivity contribution in [2.75, 3.05) is 13.1 Å². The van der Waals surface area contributed by atoms with E-state index in [2.05, 4.69) is 15.7 Å². The van der Waals surface area contributed by atoms with Crippen LogP contribution >= 0.6 is 0 Å². The zero-order chi connectivity index (χ0) is 10.4. The Morgan fingerprint density at radius 1 is 1.57 bits per heavy atom. The van der Waals surface area contributed by atoms with Crippen LogP contribution in [0.25, 0.3) is 0 Å². The number of nitrogens with zero attached hydrogens (tertiary/aromatic N) is 2. The van der Waals surface area contributed by atoms with Crippen LogP contribution in [0.15, 0.2) is 12.4 Å².